The minimum absolute atomic E-state index is 0.0269. The molecule has 1 heterocycles. The summed E-state index contributed by atoms with van der Waals surface area (Å²) in [6.07, 6.45) is 7.38. The van der Waals surface area contributed by atoms with E-state index in [1.54, 1.807) is 6.21 Å². The topological polar surface area (TPSA) is 67.9 Å². The Hall–Kier alpha value is -2.36. The number of carbonyl (C=O) groups is 1. The average molecular weight is 662 g/mol. The van der Waals surface area contributed by atoms with Crippen molar-refractivity contribution in [1.29, 1.82) is 0 Å². The van der Waals surface area contributed by atoms with Gasteiger partial charge in [-0.15, -0.1) is 11.3 Å². The average Bonchev–Trinajstić information content (AvgIpc) is 3.25. The minimum Gasteiger partial charge on any atom is -0.494 e. The number of fused-ring (bicyclic) bond motifs is 1. The highest BCUT2D eigenvalue weighted by Crippen LogP contribution is 2.38. The molecule has 5 nitrogen and oxygen atoms in total. The fourth-order valence-corrected chi connectivity index (χ4v) is 6.53. The van der Waals surface area contributed by atoms with Crippen LogP contribution in [0.3, 0.4) is 0 Å². The van der Waals surface area contributed by atoms with Crippen LogP contribution in [0.5, 0.6) is 5.75 Å². The molecule has 0 aliphatic heterocycles. The van der Waals surface area contributed by atoms with Crippen LogP contribution in [-0.2, 0) is 6.54 Å². The van der Waals surface area contributed by atoms with Crippen LogP contribution < -0.4 is 10.5 Å². The second kappa shape index (κ2) is 13.1. The summed E-state index contributed by atoms with van der Waals surface area (Å²) in [6.45, 7) is 9.02. The van der Waals surface area contributed by atoms with Gasteiger partial charge >= 0.3 is 0 Å². The van der Waals surface area contributed by atoms with Gasteiger partial charge in [0.05, 0.1) is 15.3 Å². The normalized spacial score (nSPS) is 18.2. The first-order chi connectivity index (χ1) is 18.3. The molecule has 1 fully saturated rings. The predicted octanol–water partition coefficient (Wildman–Crippen LogP) is 8.45. The van der Waals surface area contributed by atoms with Crippen molar-refractivity contribution in [2.45, 2.75) is 52.1 Å². The van der Waals surface area contributed by atoms with Crippen molar-refractivity contribution in [2.75, 3.05) is 6.61 Å². The molecule has 0 bridgehead atoms. The summed E-state index contributed by atoms with van der Waals surface area (Å²) >= 11 is 10.3. The Morgan fingerprint density at radius 1 is 1.26 bits per heavy atom. The molecule has 2 N–H and O–H groups in total. The summed E-state index contributed by atoms with van der Waals surface area (Å²) in [5.74, 6) is 1.40. The van der Waals surface area contributed by atoms with Crippen LogP contribution in [0.1, 0.15) is 60.3 Å². The van der Waals surface area contributed by atoms with Crippen molar-refractivity contribution in [3.05, 3.63) is 80.0 Å². The Labute approximate surface area is 247 Å². The van der Waals surface area contributed by atoms with E-state index in [1.807, 2.05) is 54.3 Å². The van der Waals surface area contributed by atoms with Crippen LogP contribution in [0, 0.1) is 5.92 Å². The second-order valence-corrected chi connectivity index (χ2v) is 12.3. The fourth-order valence-electron chi connectivity index (χ4n) is 4.92. The number of benzene rings is 2. The van der Waals surface area contributed by atoms with Crippen molar-refractivity contribution < 1.29 is 9.53 Å². The molecule has 3 aromatic rings. The largest absolute Gasteiger partial charge is 0.494 e. The van der Waals surface area contributed by atoms with Crippen molar-refractivity contribution in [3.63, 3.8) is 0 Å². The lowest BCUT2D eigenvalue weighted by Crippen LogP contribution is -2.41. The lowest BCUT2D eigenvalue weighted by atomic mass is 9.86. The summed E-state index contributed by atoms with van der Waals surface area (Å²) in [4.78, 5) is 21.1. The maximum Gasteiger partial charge on any atom is 0.266 e. The van der Waals surface area contributed by atoms with Gasteiger partial charge in [0, 0.05) is 46.2 Å². The number of carbonyl (C=O) groups excluding carboxylic acids is 1. The van der Waals surface area contributed by atoms with Crippen LogP contribution in [0.2, 0.25) is 5.02 Å². The van der Waals surface area contributed by atoms with Crippen molar-refractivity contribution in [1.82, 2.24) is 4.90 Å². The Bertz CT molecular complexity index is 1380. The zero-order valence-corrected chi connectivity index (χ0v) is 25.5. The zero-order chi connectivity index (χ0) is 27.2. The van der Waals surface area contributed by atoms with Gasteiger partial charge in [-0.05, 0) is 84.9 Å². The van der Waals surface area contributed by atoms with Gasteiger partial charge in [0.1, 0.15) is 10.6 Å². The Morgan fingerprint density at radius 2 is 2.00 bits per heavy atom. The van der Waals surface area contributed by atoms with Crippen molar-refractivity contribution in [2.24, 2.45) is 16.6 Å². The first-order valence-electron chi connectivity index (χ1n) is 12.9. The second-order valence-electron chi connectivity index (χ2n) is 9.60. The van der Waals surface area contributed by atoms with Gasteiger partial charge in [-0.25, -0.2) is 0 Å². The van der Waals surface area contributed by atoms with E-state index in [1.165, 1.54) is 17.5 Å². The van der Waals surface area contributed by atoms with Crippen LogP contribution in [-0.4, -0.2) is 29.7 Å². The number of allylic oxidation sites excluding steroid dienone is 1. The van der Waals surface area contributed by atoms with Gasteiger partial charge in [0.25, 0.3) is 5.91 Å². The SMILES string of the molecule is C=C(I)N=C/C(=C\N)c1ccc(OCC)c(CN(C(=O)c2sc3ccccc3c2Cl)C2CCC(C)CC2)c1. The molecule has 1 aromatic heterocycles. The molecule has 0 unspecified atom stereocenters. The predicted molar refractivity (Wildman–Crippen MR) is 170 cm³/mol. The number of hydrogen-bond donors (Lipinski definition) is 1. The summed E-state index contributed by atoms with van der Waals surface area (Å²) in [5.41, 5.74) is 8.55. The molecule has 1 aliphatic rings. The highest BCUT2D eigenvalue weighted by Gasteiger charge is 2.31. The molecular weight excluding hydrogens is 629 g/mol. The van der Waals surface area contributed by atoms with Gasteiger partial charge in [0.15, 0.2) is 0 Å². The van der Waals surface area contributed by atoms with Crippen LogP contribution in [0.4, 0.5) is 0 Å². The van der Waals surface area contributed by atoms with Crippen LogP contribution in [0.25, 0.3) is 15.7 Å². The van der Waals surface area contributed by atoms with E-state index in [2.05, 4.69) is 41.1 Å². The quantitative estimate of drug-likeness (QED) is 0.142. The highest BCUT2D eigenvalue weighted by molar-refractivity contribution is 14.1. The lowest BCUT2D eigenvalue weighted by molar-refractivity contribution is 0.0596. The Kier molecular flexibility index (Phi) is 9.90. The van der Waals surface area contributed by atoms with E-state index >= 15 is 0 Å². The van der Waals surface area contributed by atoms with Gasteiger partial charge in [-0.1, -0.05) is 49.4 Å². The lowest BCUT2D eigenvalue weighted by Gasteiger charge is -2.36. The minimum atomic E-state index is -0.0269. The molecule has 200 valence electrons. The molecule has 0 saturated heterocycles. The van der Waals surface area contributed by atoms with Crippen molar-refractivity contribution >= 4 is 73.3 Å². The maximum absolute atomic E-state index is 14.2. The molecule has 38 heavy (non-hydrogen) atoms. The molecule has 1 aliphatic carbocycles. The number of rotatable bonds is 9. The molecule has 0 radical (unpaired) electrons. The molecule has 0 atom stereocenters. The third-order valence-corrected chi connectivity index (χ3v) is 8.92. The van der Waals surface area contributed by atoms with E-state index in [0.717, 1.165) is 58.2 Å². The number of thiophene rings is 1. The maximum atomic E-state index is 14.2. The standard InChI is InChI=1S/C30H33ClIN3O2S/c1-4-37-26-14-11-21(23(16-33)17-34-20(3)32)15-22(26)18-35(24-12-9-19(2)10-13-24)30(36)29-28(31)25-7-5-6-8-27(25)38-29/h5-8,11,14-17,19,24H,3-4,9-10,12-13,18,33H2,1-2H3/b23-16+,34-17?. The van der Waals surface area contributed by atoms with Crippen LogP contribution >= 0.6 is 45.5 Å². The molecular formula is C30H33ClIN3O2S. The first-order valence-corrected chi connectivity index (χ1v) is 15.1. The number of hydrogen-bond acceptors (Lipinski definition) is 5. The first kappa shape index (κ1) is 28.6. The number of nitrogens with zero attached hydrogens (tertiary/aromatic N) is 2. The van der Waals surface area contributed by atoms with Gasteiger partial charge in [0.2, 0.25) is 0 Å². The van der Waals surface area contributed by atoms with Crippen LogP contribution in [0.15, 0.2) is 63.9 Å². The molecule has 2 aromatic carbocycles. The molecule has 1 amide bonds. The Balaban J connectivity index is 1.75. The van der Waals surface area contributed by atoms with E-state index in [4.69, 9.17) is 22.1 Å². The monoisotopic (exact) mass is 661 g/mol. The molecule has 1 saturated carbocycles. The smallest absolute Gasteiger partial charge is 0.266 e. The number of halogens is 2. The number of ether oxygens (including phenoxy) is 1. The van der Waals surface area contributed by atoms with E-state index in [9.17, 15) is 4.79 Å². The molecule has 4 rings (SSSR count). The highest BCUT2D eigenvalue weighted by atomic mass is 127. The summed E-state index contributed by atoms with van der Waals surface area (Å²) in [6, 6.07) is 14.0. The number of aliphatic imine (C=N–C) groups is 1. The van der Waals surface area contributed by atoms with Crippen molar-refractivity contribution in [3.8, 4) is 5.75 Å². The number of nitrogens with two attached hydrogens (primary N) is 1. The van der Waals surface area contributed by atoms with Gasteiger partial charge in [-0.3, -0.25) is 9.79 Å². The fraction of sp³-hybridized carbons (Fsp3) is 0.333. The molecule has 0 spiro atoms. The van der Waals surface area contributed by atoms with E-state index < -0.39 is 0 Å². The summed E-state index contributed by atoms with van der Waals surface area (Å²) in [5, 5.41) is 1.46. The van der Waals surface area contributed by atoms with Gasteiger partial charge < -0.3 is 15.4 Å². The number of amides is 1. The summed E-state index contributed by atoms with van der Waals surface area (Å²) < 4.78 is 7.69. The van der Waals surface area contributed by atoms with Gasteiger partial charge in [-0.2, -0.15) is 0 Å². The van der Waals surface area contributed by atoms with E-state index in [0.29, 0.717) is 32.7 Å². The zero-order valence-electron chi connectivity index (χ0n) is 21.8. The summed E-state index contributed by atoms with van der Waals surface area (Å²) in [7, 11) is 0. The molecule has 8 heteroatoms. The third-order valence-electron chi connectivity index (χ3n) is 6.97. The third kappa shape index (κ3) is 6.61. The Morgan fingerprint density at radius 3 is 2.66 bits per heavy atom. The van der Waals surface area contributed by atoms with E-state index in [-0.39, 0.29) is 11.9 Å².